The average molecular weight is 297 g/mol. The van der Waals surface area contributed by atoms with E-state index in [9.17, 15) is 5.26 Å². The number of halogens is 1. The summed E-state index contributed by atoms with van der Waals surface area (Å²) < 4.78 is 0. The Hall–Kier alpha value is -1.98. The van der Waals surface area contributed by atoms with Crippen LogP contribution in [0.5, 0.6) is 0 Å². The first kappa shape index (κ1) is 14.0. The number of aryl methyl sites for hydroxylation is 1. The summed E-state index contributed by atoms with van der Waals surface area (Å²) in [4.78, 5) is 0. The molecule has 3 rings (SSSR count). The van der Waals surface area contributed by atoms with Gasteiger partial charge in [-0.3, -0.25) is 0 Å². The summed E-state index contributed by atoms with van der Waals surface area (Å²) in [5, 5.41) is 13.8. The Morgan fingerprint density at radius 2 is 1.90 bits per heavy atom. The quantitative estimate of drug-likeness (QED) is 0.892. The zero-order chi connectivity index (χ0) is 14.9. The van der Waals surface area contributed by atoms with E-state index < -0.39 is 0 Å². The van der Waals surface area contributed by atoms with E-state index in [0.717, 1.165) is 29.1 Å². The molecular formula is C18H17ClN2. The minimum atomic E-state index is -0.352. The van der Waals surface area contributed by atoms with Gasteiger partial charge in [0.2, 0.25) is 0 Å². The Balaban J connectivity index is 1.73. The monoisotopic (exact) mass is 296 g/mol. The van der Waals surface area contributed by atoms with Gasteiger partial charge in [0.05, 0.1) is 22.2 Å². The molecule has 1 aliphatic carbocycles. The topological polar surface area (TPSA) is 35.8 Å². The molecule has 0 amide bonds. The van der Waals surface area contributed by atoms with Crippen molar-refractivity contribution in [2.75, 3.05) is 5.32 Å². The van der Waals surface area contributed by atoms with Crippen LogP contribution < -0.4 is 5.32 Å². The highest BCUT2D eigenvalue weighted by Crippen LogP contribution is 2.45. The number of anilines is 1. The molecular weight excluding hydrogens is 280 g/mol. The number of hydrogen-bond donors (Lipinski definition) is 1. The summed E-state index contributed by atoms with van der Waals surface area (Å²) in [6, 6.07) is 18.8. The summed E-state index contributed by atoms with van der Waals surface area (Å²) in [6.45, 7) is 2.05. The fourth-order valence-corrected chi connectivity index (χ4v) is 3.17. The molecule has 2 nitrogen and oxygen atoms in total. The number of nitrogens with zero attached hydrogens (tertiary/aromatic N) is 1. The van der Waals surface area contributed by atoms with Gasteiger partial charge in [0, 0.05) is 6.04 Å². The second-order valence-corrected chi connectivity index (χ2v) is 6.20. The molecule has 0 aliphatic heterocycles. The second kappa shape index (κ2) is 5.42. The van der Waals surface area contributed by atoms with Crippen LogP contribution >= 0.6 is 11.6 Å². The number of rotatable bonds is 3. The van der Waals surface area contributed by atoms with E-state index in [4.69, 9.17) is 11.6 Å². The third-order valence-corrected chi connectivity index (χ3v) is 4.54. The van der Waals surface area contributed by atoms with Gasteiger partial charge in [-0.15, -0.1) is 0 Å². The van der Waals surface area contributed by atoms with Crippen LogP contribution in [0, 0.1) is 18.3 Å². The standard InChI is InChI=1S/C18H17ClN2/c1-13-7-8-16(19)17(9-13)21-15-10-18(11-15,12-20)14-5-3-2-4-6-14/h2-9,15,21H,10-11H2,1H3. The van der Waals surface area contributed by atoms with Crippen molar-refractivity contribution < 1.29 is 0 Å². The van der Waals surface area contributed by atoms with E-state index >= 15 is 0 Å². The smallest absolute Gasteiger partial charge is 0.0861 e. The van der Waals surface area contributed by atoms with Crippen molar-refractivity contribution in [2.45, 2.75) is 31.2 Å². The molecule has 0 spiro atoms. The molecule has 3 heteroatoms. The molecule has 0 atom stereocenters. The van der Waals surface area contributed by atoms with Crippen LogP contribution in [0.1, 0.15) is 24.0 Å². The van der Waals surface area contributed by atoms with Crippen molar-refractivity contribution in [3.05, 3.63) is 64.7 Å². The minimum absolute atomic E-state index is 0.296. The first-order valence-corrected chi connectivity index (χ1v) is 7.50. The second-order valence-electron chi connectivity index (χ2n) is 5.79. The predicted octanol–water partition coefficient (Wildman–Crippen LogP) is 4.68. The van der Waals surface area contributed by atoms with Crippen molar-refractivity contribution in [1.29, 1.82) is 5.26 Å². The third-order valence-electron chi connectivity index (χ3n) is 4.21. The van der Waals surface area contributed by atoms with Gasteiger partial charge < -0.3 is 5.32 Å². The Morgan fingerprint density at radius 1 is 1.19 bits per heavy atom. The molecule has 21 heavy (non-hydrogen) atoms. The summed E-state index contributed by atoms with van der Waals surface area (Å²) >= 11 is 6.22. The van der Waals surface area contributed by atoms with Gasteiger partial charge in [0.1, 0.15) is 0 Å². The number of nitrogens with one attached hydrogen (secondary N) is 1. The van der Waals surface area contributed by atoms with Crippen LogP contribution in [0.15, 0.2) is 48.5 Å². The normalized spacial score (nSPS) is 24.0. The molecule has 1 saturated carbocycles. The number of benzene rings is 2. The highest BCUT2D eigenvalue weighted by molar-refractivity contribution is 6.33. The summed E-state index contributed by atoms with van der Waals surface area (Å²) in [5.41, 5.74) is 2.90. The maximum atomic E-state index is 9.57. The maximum Gasteiger partial charge on any atom is 0.0861 e. The van der Waals surface area contributed by atoms with E-state index in [1.54, 1.807) is 0 Å². The van der Waals surface area contributed by atoms with Crippen LogP contribution in [0.4, 0.5) is 5.69 Å². The Labute approximate surface area is 130 Å². The van der Waals surface area contributed by atoms with Crippen molar-refractivity contribution in [3.63, 3.8) is 0 Å². The fourth-order valence-electron chi connectivity index (χ4n) is 3.00. The van der Waals surface area contributed by atoms with Crippen molar-refractivity contribution in [1.82, 2.24) is 0 Å². The van der Waals surface area contributed by atoms with E-state index in [1.807, 2.05) is 49.4 Å². The zero-order valence-corrected chi connectivity index (χ0v) is 12.7. The SMILES string of the molecule is Cc1ccc(Cl)c(NC2CC(C#N)(c3ccccc3)C2)c1. The molecule has 0 heterocycles. The molecule has 2 aromatic rings. The Kier molecular flexibility index (Phi) is 3.61. The van der Waals surface area contributed by atoms with Crippen LogP contribution in [-0.2, 0) is 5.41 Å². The molecule has 0 saturated heterocycles. The van der Waals surface area contributed by atoms with Crippen LogP contribution in [-0.4, -0.2) is 6.04 Å². The molecule has 0 aromatic heterocycles. The van der Waals surface area contributed by atoms with E-state index in [0.29, 0.717) is 6.04 Å². The molecule has 0 bridgehead atoms. The Morgan fingerprint density at radius 3 is 2.57 bits per heavy atom. The van der Waals surface area contributed by atoms with Crippen LogP contribution in [0.25, 0.3) is 0 Å². The molecule has 0 unspecified atom stereocenters. The fraction of sp³-hybridized carbons (Fsp3) is 0.278. The lowest BCUT2D eigenvalue weighted by molar-refractivity contribution is 0.289. The average Bonchev–Trinajstić information content (AvgIpc) is 2.47. The van der Waals surface area contributed by atoms with Gasteiger partial charge in [0.15, 0.2) is 0 Å². The summed E-state index contributed by atoms with van der Waals surface area (Å²) in [7, 11) is 0. The molecule has 1 N–H and O–H groups in total. The van der Waals surface area contributed by atoms with Gasteiger partial charge in [-0.1, -0.05) is 48.0 Å². The van der Waals surface area contributed by atoms with Gasteiger partial charge in [-0.05, 0) is 43.0 Å². The van der Waals surface area contributed by atoms with Gasteiger partial charge in [-0.25, -0.2) is 0 Å². The van der Waals surface area contributed by atoms with Gasteiger partial charge >= 0.3 is 0 Å². The summed E-state index contributed by atoms with van der Waals surface area (Å²) in [6.07, 6.45) is 1.63. The van der Waals surface area contributed by atoms with Gasteiger partial charge in [0.25, 0.3) is 0 Å². The summed E-state index contributed by atoms with van der Waals surface area (Å²) in [5.74, 6) is 0. The van der Waals surface area contributed by atoms with Crippen molar-refractivity contribution >= 4 is 17.3 Å². The van der Waals surface area contributed by atoms with Crippen molar-refractivity contribution in [2.24, 2.45) is 0 Å². The predicted molar refractivity (Wildman–Crippen MR) is 86.6 cm³/mol. The molecule has 0 radical (unpaired) electrons. The third kappa shape index (κ3) is 2.62. The lowest BCUT2D eigenvalue weighted by atomic mass is 9.62. The minimum Gasteiger partial charge on any atom is -0.381 e. The first-order valence-electron chi connectivity index (χ1n) is 7.12. The van der Waals surface area contributed by atoms with E-state index in [2.05, 4.69) is 17.5 Å². The van der Waals surface area contributed by atoms with E-state index in [1.165, 1.54) is 5.56 Å². The highest BCUT2D eigenvalue weighted by Gasteiger charge is 2.46. The highest BCUT2D eigenvalue weighted by atomic mass is 35.5. The van der Waals surface area contributed by atoms with Crippen molar-refractivity contribution in [3.8, 4) is 6.07 Å². The Bertz CT molecular complexity index is 682. The van der Waals surface area contributed by atoms with Gasteiger partial charge in [-0.2, -0.15) is 5.26 Å². The lowest BCUT2D eigenvalue weighted by Crippen LogP contribution is -2.47. The first-order chi connectivity index (χ1) is 10.1. The molecule has 106 valence electrons. The van der Waals surface area contributed by atoms with Crippen LogP contribution in [0.2, 0.25) is 5.02 Å². The number of hydrogen-bond acceptors (Lipinski definition) is 2. The molecule has 2 aromatic carbocycles. The largest absolute Gasteiger partial charge is 0.381 e. The number of nitriles is 1. The van der Waals surface area contributed by atoms with Crippen LogP contribution in [0.3, 0.4) is 0 Å². The van der Waals surface area contributed by atoms with E-state index in [-0.39, 0.29) is 5.41 Å². The molecule has 1 aliphatic rings. The molecule has 1 fully saturated rings. The zero-order valence-electron chi connectivity index (χ0n) is 11.9. The lowest BCUT2D eigenvalue weighted by Gasteiger charge is -2.43. The maximum absolute atomic E-state index is 9.57.